The van der Waals surface area contributed by atoms with E-state index in [2.05, 4.69) is 0 Å². The monoisotopic (exact) mass is 394 g/mol. The van der Waals surface area contributed by atoms with Crippen LogP contribution in [-0.2, 0) is 28.5 Å². The van der Waals surface area contributed by atoms with E-state index in [1.807, 2.05) is 13.8 Å². The molecule has 6 nitrogen and oxygen atoms in total. The van der Waals surface area contributed by atoms with Crippen molar-refractivity contribution >= 4 is 11.6 Å². The zero-order chi connectivity index (χ0) is 19.8. The van der Waals surface area contributed by atoms with E-state index in [0.29, 0.717) is 63.9 Å². The molecule has 0 aromatic carbocycles. The minimum absolute atomic E-state index is 0.122. The van der Waals surface area contributed by atoms with E-state index in [4.69, 9.17) is 18.9 Å². The molecule has 2 saturated heterocycles. The zero-order valence-corrected chi connectivity index (χ0v) is 17.2. The molecule has 6 heteroatoms. The lowest BCUT2D eigenvalue weighted by Gasteiger charge is -2.47. The van der Waals surface area contributed by atoms with Gasteiger partial charge in [-0.15, -0.1) is 0 Å². The summed E-state index contributed by atoms with van der Waals surface area (Å²) in [4.78, 5) is 26.4. The Kier molecular flexibility index (Phi) is 5.94. The summed E-state index contributed by atoms with van der Waals surface area (Å²) >= 11 is 0. The topological polar surface area (TPSA) is 71.1 Å². The molecule has 2 heterocycles. The molecule has 5 rings (SSSR count). The molecule has 2 aliphatic heterocycles. The molecule has 28 heavy (non-hydrogen) atoms. The number of carbonyl (C=O) groups is 2. The van der Waals surface area contributed by atoms with Crippen LogP contribution >= 0.6 is 0 Å². The standard InChI is InChI=1S/C22H34O6/c1-21(25-11-12-26-21)9-7-17(23)19-15-3-5-16(6-4-15)20(19)18(24)8-10-22(2)27-13-14-28-22/h15-16,19-20H,3-14H2,1-2H3/t15?,16?,19-,20-/m1/s1. The van der Waals surface area contributed by atoms with Crippen LogP contribution in [-0.4, -0.2) is 49.6 Å². The van der Waals surface area contributed by atoms with Crippen molar-refractivity contribution < 1.29 is 28.5 Å². The van der Waals surface area contributed by atoms with Crippen molar-refractivity contribution in [3.63, 3.8) is 0 Å². The first-order valence-electron chi connectivity index (χ1n) is 11.0. The Bertz CT molecular complexity index is 530. The molecule has 0 aromatic rings. The fourth-order valence-corrected chi connectivity index (χ4v) is 5.81. The molecule has 0 spiro atoms. The van der Waals surface area contributed by atoms with E-state index in [1.54, 1.807) is 0 Å². The maximum absolute atomic E-state index is 13.2. The van der Waals surface area contributed by atoms with E-state index in [0.717, 1.165) is 25.7 Å². The van der Waals surface area contributed by atoms with Gasteiger partial charge < -0.3 is 18.9 Å². The van der Waals surface area contributed by atoms with E-state index in [1.165, 1.54) is 0 Å². The van der Waals surface area contributed by atoms with Gasteiger partial charge in [0.1, 0.15) is 11.6 Å². The third-order valence-corrected chi connectivity index (χ3v) is 7.41. The van der Waals surface area contributed by atoms with Crippen LogP contribution in [0.15, 0.2) is 0 Å². The molecule has 3 aliphatic carbocycles. The number of Topliss-reactive ketones (excluding diaryl/α,β-unsaturated/α-hetero) is 2. The summed E-state index contributed by atoms with van der Waals surface area (Å²) in [5.74, 6) is -0.353. The summed E-state index contributed by atoms with van der Waals surface area (Å²) in [5, 5.41) is 0. The highest BCUT2D eigenvalue weighted by Gasteiger charge is 2.50. The van der Waals surface area contributed by atoms with Crippen LogP contribution in [0.4, 0.5) is 0 Å². The van der Waals surface area contributed by atoms with Gasteiger partial charge in [-0.1, -0.05) is 0 Å². The lowest BCUT2D eigenvalue weighted by molar-refractivity contribution is -0.160. The Morgan fingerprint density at radius 2 is 1.00 bits per heavy atom. The summed E-state index contributed by atoms with van der Waals surface area (Å²) < 4.78 is 22.6. The minimum Gasteiger partial charge on any atom is -0.348 e. The van der Waals surface area contributed by atoms with Crippen molar-refractivity contribution in [3.05, 3.63) is 0 Å². The predicted molar refractivity (Wildman–Crippen MR) is 102 cm³/mol. The molecule has 0 radical (unpaired) electrons. The van der Waals surface area contributed by atoms with Gasteiger partial charge in [0, 0.05) is 37.5 Å². The van der Waals surface area contributed by atoms with E-state index in [-0.39, 0.29) is 23.4 Å². The molecule has 0 aromatic heterocycles. The highest BCUT2D eigenvalue weighted by atomic mass is 16.7. The van der Waals surface area contributed by atoms with Crippen molar-refractivity contribution in [1.82, 2.24) is 0 Å². The van der Waals surface area contributed by atoms with Crippen molar-refractivity contribution in [2.24, 2.45) is 23.7 Å². The zero-order valence-electron chi connectivity index (χ0n) is 17.2. The number of ketones is 2. The molecule has 5 fully saturated rings. The van der Waals surface area contributed by atoms with Crippen LogP contribution in [0.3, 0.4) is 0 Å². The first-order valence-corrected chi connectivity index (χ1v) is 11.0. The summed E-state index contributed by atoms with van der Waals surface area (Å²) in [5.41, 5.74) is 0. The Hall–Kier alpha value is -0.820. The molecule has 3 saturated carbocycles. The van der Waals surface area contributed by atoms with Crippen molar-refractivity contribution in [1.29, 1.82) is 0 Å². The SMILES string of the molecule is CC1(CCC(=O)[C@H]2C3CCC(CC3)[C@@H]2C(=O)CCC2(C)OCCO2)OCCO1. The van der Waals surface area contributed by atoms with Crippen molar-refractivity contribution in [2.75, 3.05) is 26.4 Å². The molecule has 158 valence electrons. The highest BCUT2D eigenvalue weighted by molar-refractivity contribution is 5.90. The predicted octanol–water partition coefficient (Wildman–Crippen LogP) is 3.26. The molecule has 5 aliphatic rings. The lowest BCUT2D eigenvalue weighted by Crippen LogP contribution is -2.48. The summed E-state index contributed by atoms with van der Waals surface area (Å²) in [7, 11) is 0. The number of ether oxygens (including phenoxy) is 4. The number of carbonyl (C=O) groups excluding carboxylic acids is 2. The van der Waals surface area contributed by atoms with Crippen LogP contribution in [0, 0.1) is 23.7 Å². The molecular weight excluding hydrogens is 360 g/mol. The molecule has 2 bridgehead atoms. The van der Waals surface area contributed by atoms with Gasteiger partial charge in [0.2, 0.25) is 0 Å². The fraction of sp³-hybridized carbons (Fsp3) is 0.909. The van der Waals surface area contributed by atoms with Gasteiger partial charge in [0.15, 0.2) is 11.6 Å². The van der Waals surface area contributed by atoms with Gasteiger partial charge in [-0.25, -0.2) is 0 Å². The first kappa shape index (κ1) is 20.5. The van der Waals surface area contributed by atoms with Gasteiger partial charge >= 0.3 is 0 Å². The number of hydrogen-bond donors (Lipinski definition) is 0. The summed E-state index contributed by atoms with van der Waals surface area (Å²) in [6, 6.07) is 0. The van der Waals surface area contributed by atoms with Crippen LogP contribution in [0.5, 0.6) is 0 Å². The average molecular weight is 395 g/mol. The van der Waals surface area contributed by atoms with Crippen LogP contribution in [0.25, 0.3) is 0 Å². The van der Waals surface area contributed by atoms with Crippen LogP contribution < -0.4 is 0 Å². The van der Waals surface area contributed by atoms with Gasteiger partial charge in [-0.2, -0.15) is 0 Å². The molecule has 0 unspecified atom stereocenters. The maximum atomic E-state index is 13.2. The number of rotatable bonds is 8. The Morgan fingerprint density at radius 3 is 1.32 bits per heavy atom. The second-order valence-electron chi connectivity index (χ2n) is 9.32. The van der Waals surface area contributed by atoms with E-state index < -0.39 is 11.6 Å². The molecule has 0 N–H and O–H groups in total. The third kappa shape index (κ3) is 4.20. The molecular formula is C22H34O6. The van der Waals surface area contributed by atoms with Crippen LogP contribution in [0.1, 0.15) is 65.2 Å². The molecule has 0 amide bonds. The second kappa shape index (κ2) is 8.13. The highest BCUT2D eigenvalue weighted by Crippen LogP contribution is 2.50. The Labute approximate surface area is 167 Å². The smallest absolute Gasteiger partial charge is 0.166 e. The summed E-state index contributed by atoms with van der Waals surface area (Å²) in [6.45, 7) is 6.16. The van der Waals surface area contributed by atoms with Gasteiger partial charge in [-0.05, 0) is 51.4 Å². The number of hydrogen-bond acceptors (Lipinski definition) is 6. The first-order chi connectivity index (χ1) is 13.4. The van der Waals surface area contributed by atoms with E-state index >= 15 is 0 Å². The quantitative estimate of drug-likeness (QED) is 0.629. The second-order valence-corrected chi connectivity index (χ2v) is 9.32. The fourth-order valence-electron chi connectivity index (χ4n) is 5.81. The van der Waals surface area contributed by atoms with E-state index in [9.17, 15) is 9.59 Å². The van der Waals surface area contributed by atoms with Crippen molar-refractivity contribution in [3.8, 4) is 0 Å². The van der Waals surface area contributed by atoms with Gasteiger partial charge in [-0.3, -0.25) is 9.59 Å². The maximum Gasteiger partial charge on any atom is 0.166 e. The van der Waals surface area contributed by atoms with Crippen molar-refractivity contribution in [2.45, 2.75) is 76.8 Å². The largest absolute Gasteiger partial charge is 0.348 e. The Balaban J connectivity index is 1.40. The molecule has 2 atom stereocenters. The normalized spacial score (nSPS) is 35.9. The number of fused-ring (bicyclic) bond motifs is 3. The average Bonchev–Trinajstić information content (AvgIpc) is 3.34. The Morgan fingerprint density at radius 1 is 0.679 bits per heavy atom. The van der Waals surface area contributed by atoms with Gasteiger partial charge in [0.25, 0.3) is 0 Å². The van der Waals surface area contributed by atoms with Gasteiger partial charge in [0.05, 0.1) is 26.4 Å². The minimum atomic E-state index is -0.644. The lowest BCUT2D eigenvalue weighted by atomic mass is 9.55. The third-order valence-electron chi connectivity index (χ3n) is 7.41. The summed E-state index contributed by atoms with van der Waals surface area (Å²) in [6.07, 6.45) is 6.33. The van der Waals surface area contributed by atoms with Crippen LogP contribution in [0.2, 0.25) is 0 Å².